The van der Waals surface area contributed by atoms with Crippen molar-refractivity contribution in [3.05, 3.63) is 33.8 Å². The van der Waals surface area contributed by atoms with Crippen molar-refractivity contribution in [2.75, 3.05) is 6.54 Å². The Kier molecular flexibility index (Phi) is 5.10. The van der Waals surface area contributed by atoms with Gasteiger partial charge in [-0.3, -0.25) is 4.99 Å². The van der Waals surface area contributed by atoms with Crippen LogP contribution in [0, 0.1) is 5.92 Å². The zero-order valence-corrected chi connectivity index (χ0v) is 11.0. The average molecular weight is 259 g/mol. The summed E-state index contributed by atoms with van der Waals surface area (Å²) in [6.07, 6.45) is 0.615. The van der Waals surface area contributed by atoms with Crippen LogP contribution >= 0.6 is 23.2 Å². The number of amidine groups is 1. The molecule has 16 heavy (non-hydrogen) atoms. The molecule has 88 valence electrons. The third kappa shape index (κ3) is 4.42. The lowest BCUT2D eigenvalue weighted by Gasteiger charge is -2.04. The Bertz CT molecular complexity index is 387. The van der Waals surface area contributed by atoms with Gasteiger partial charge in [-0.05, 0) is 23.6 Å². The minimum absolute atomic E-state index is 0.521. The van der Waals surface area contributed by atoms with Crippen LogP contribution in [-0.2, 0) is 6.42 Å². The maximum Gasteiger partial charge on any atom is 0.0981 e. The highest BCUT2D eigenvalue weighted by molar-refractivity contribution is 6.42. The van der Waals surface area contributed by atoms with Crippen LogP contribution in [-0.4, -0.2) is 12.4 Å². The quantitative estimate of drug-likeness (QED) is 0.651. The standard InChI is InChI=1S/C12H16Cl2N2/c1-8(2)7-16-12(15)6-9-3-4-10(13)11(14)5-9/h3-5,8H,6-7H2,1-2H3,(H2,15,16). The molecule has 4 heteroatoms. The van der Waals surface area contributed by atoms with Gasteiger partial charge in [0.25, 0.3) is 0 Å². The molecule has 0 heterocycles. The molecule has 0 saturated heterocycles. The van der Waals surface area contributed by atoms with Gasteiger partial charge < -0.3 is 5.73 Å². The summed E-state index contributed by atoms with van der Waals surface area (Å²) in [5.41, 5.74) is 6.84. The summed E-state index contributed by atoms with van der Waals surface area (Å²) in [7, 11) is 0. The van der Waals surface area contributed by atoms with E-state index in [9.17, 15) is 0 Å². The monoisotopic (exact) mass is 258 g/mol. The largest absolute Gasteiger partial charge is 0.387 e. The van der Waals surface area contributed by atoms with Gasteiger partial charge in [0.2, 0.25) is 0 Å². The number of benzene rings is 1. The average Bonchev–Trinajstić information content (AvgIpc) is 2.21. The van der Waals surface area contributed by atoms with Crippen molar-refractivity contribution >= 4 is 29.0 Å². The first-order valence-corrected chi connectivity index (χ1v) is 5.97. The highest BCUT2D eigenvalue weighted by atomic mass is 35.5. The minimum atomic E-state index is 0.521. The molecule has 0 amide bonds. The molecular formula is C12H16Cl2N2. The second-order valence-electron chi connectivity index (χ2n) is 4.15. The van der Waals surface area contributed by atoms with Crippen LogP contribution in [0.5, 0.6) is 0 Å². The lowest BCUT2D eigenvalue weighted by Crippen LogP contribution is -2.16. The van der Waals surface area contributed by atoms with Gasteiger partial charge in [-0.25, -0.2) is 0 Å². The molecule has 2 nitrogen and oxygen atoms in total. The Hall–Kier alpha value is -0.730. The molecular weight excluding hydrogens is 243 g/mol. The number of hydrogen-bond acceptors (Lipinski definition) is 1. The summed E-state index contributed by atoms with van der Waals surface area (Å²) in [5.74, 6) is 1.15. The van der Waals surface area contributed by atoms with Gasteiger partial charge in [0.15, 0.2) is 0 Å². The fourth-order valence-electron chi connectivity index (χ4n) is 1.21. The van der Waals surface area contributed by atoms with Crippen LogP contribution in [0.4, 0.5) is 0 Å². The third-order valence-electron chi connectivity index (χ3n) is 2.03. The van der Waals surface area contributed by atoms with Gasteiger partial charge in [0.05, 0.1) is 15.9 Å². The van der Waals surface area contributed by atoms with Crippen molar-refractivity contribution < 1.29 is 0 Å². The smallest absolute Gasteiger partial charge is 0.0981 e. The van der Waals surface area contributed by atoms with E-state index in [1.165, 1.54) is 0 Å². The molecule has 0 aliphatic carbocycles. The summed E-state index contributed by atoms with van der Waals surface area (Å²) in [4.78, 5) is 4.29. The van der Waals surface area contributed by atoms with Crippen LogP contribution in [0.1, 0.15) is 19.4 Å². The van der Waals surface area contributed by atoms with Gasteiger partial charge in [0.1, 0.15) is 0 Å². The van der Waals surface area contributed by atoms with E-state index in [-0.39, 0.29) is 0 Å². The summed E-state index contributed by atoms with van der Waals surface area (Å²) < 4.78 is 0. The van der Waals surface area contributed by atoms with Gasteiger partial charge in [-0.15, -0.1) is 0 Å². The number of nitrogens with two attached hydrogens (primary N) is 1. The van der Waals surface area contributed by atoms with E-state index in [1.807, 2.05) is 12.1 Å². The molecule has 0 saturated carbocycles. The Morgan fingerprint density at radius 2 is 2.00 bits per heavy atom. The second kappa shape index (κ2) is 6.12. The van der Waals surface area contributed by atoms with Crippen LogP contribution in [0.25, 0.3) is 0 Å². The predicted octanol–water partition coefficient (Wildman–Crippen LogP) is 3.55. The zero-order chi connectivity index (χ0) is 12.1. The lowest BCUT2D eigenvalue weighted by atomic mass is 10.1. The molecule has 0 aliphatic rings. The van der Waals surface area contributed by atoms with E-state index in [0.29, 0.717) is 28.2 Å². The van der Waals surface area contributed by atoms with Crippen LogP contribution in [0.2, 0.25) is 10.0 Å². The Morgan fingerprint density at radius 1 is 1.31 bits per heavy atom. The Balaban J connectivity index is 2.66. The second-order valence-corrected chi connectivity index (χ2v) is 4.97. The van der Waals surface area contributed by atoms with Crippen molar-refractivity contribution in [1.82, 2.24) is 0 Å². The van der Waals surface area contributed by atoms with Crippen molar-refractivity contribution in [3.8, 4) is 0 Å². The first-order valence-electron chi connectivity index (χ1n) is 5.21. The van der Waals surface area contributed by atoms with E-state index in [0.717, 1.165) is 12.1 Å². The van der Waals surface area contributed by atoms with Crippen molar-refractivity contribution in [2.24, 2.45) is 16.6 Å². The fraction of sp³-hybridized carbons (Fsp3) is 0.417. The van der Waals surface area contributed by atoms with Crippen LogP contribution in [0.15, 0.2) is 23.2 Å². The normalized spacial score (nSPS) is 12.2. The lowest BCUT2D eigenvalue weighted by molar-refractivity contribution is 0.664. The molecule has 0 spiro atoms. The van der Waals surface area contributed by atoms with Gasteiger partial charge >= 0.3 is 0 Å². The number of halogens is 2. The number of hydrogen-bond donors (Lipinski definition) is 1. The third-order valence-corrected chi connectivity index (χ3v) is 2.77. The first-order chi connectivity index (χ1) is 7.49. The molecule has 0 unspecified atom stereocenters. The minimum Gasteiger partial charge on any atom is -0.387 e. The van der Waals surface area contributed by atoms with E-state index < -0.39 is 0 Å². The molecule has 0 fully saturated rings. The summed E-state index contributed by atoms with van der Waals surface area (Å²) in [5, 5.41) is 1.11. The first kappa shape index (κ1) is 13.3. The molecule has 0 radical (unpaired) electrons. The van der Waals surface area contributed by atoms with Crippen molar-refractivity contribution in [1.29, 1.82) is 0 Å². The van der Waals surface area contributed by atoms with Crippen LogP contribution in [0.3, 0.4) is 0 Å². The van der Waals surface area contributed by atoms with E-state index in [1.54, 1.807) is 6.07 Å². The highest BCUT2D eigenvalue weighted by Crippen LogP contribution is 2.22. The molecule has 0 aliphatic heterocycles. The number of nitrogens with zero attached hydrogens (tertiary/aromatic N) is 1. The summed E-state index contributed by atoms with van der Waals surface area (Å²) >= 11 is 11.7. The van der Waals surface area contributed by atoms with Gasteiger partial charge in [-0.1, -0.05) is 43.1 Å². The molecule has 0 atom stereocenters. The zero-order valence-electron chi connectivity index (χ0n) is 9.50. The molecule has 2 N–H and O–H groups in total. The Morgan fingerprint density at radius 3 is 2.56 bits per heavy atom. The van der Waals surface area contributed by atoms with Crippen molar-refractivity contribution in [3.63, 3.8) is 0 Å². The van der Waals surface area contributed by atoms with E-state index in [2.05, 4.69) is 18.8 Å². The fourth-order valence-corrected chi connectivity index (χ4v) is 1.54. The number of rotatable bonds is 4. The maximum atomic E-state index is 5.91. The predicted molar refractivity (Wildman–Crippen MR) is 71.5 cm³/mol. The highest BCUT2D eigenvalue weighted by Gasteiger charge is 2.01. The molecule has 1 aromatic rings. The molecule has 1 rings (SSSR count). The van der Waals surface area contributed by atoms with Crippen molar-refractivity contribution in [2.45, 2.75) is 20.3 Å². The Labute approximate surface area is 106 Å². The molecule has 0 bridgehead atoms. The summed E-state index contributed by atoms with van der Waals surface area (Å²) in [6, 6.07) is 5.50. The van der Waals surface area contributed by atoms with Gasteiger partial charge in [-0.2, -0.15) is 0 Å². The SMILES string of the molecule is CC(C)CN=C(N)Cc1ccc(Cl)c(Cl)c1. The molecule has 0 aromatic heterocycles. The van der Waals surface area contributed by atoms with Gasteiger partial charge in [0, 0.05) is 13.0 Å². The summed E-state index contributed by atoms with van der Waals surface area (Å²) in [6.45, 7) is 4.97. The molecule has 1 aromatic carbocycles. The maximum absolute atomic E-state index is 5.91. The van der Waals surface area contributed by atoms with E-state index >= 15 is 0 Å². The number of aliphatic imine (C=N–C) groups is 1. The topological polar surface area (TPSA) is 38.4 Å². The van der Waals surface area contributed by atoms with E-state index in [4.69, 9.17) is 28.9 Å². The van der Waals surface area contributed by atoms with Crippen LogP contribution < -0.4 is 5.73 Å².